The number of nitrogens with zero attached hydrogens (tertiary/aromatic N) is 1. The third kappa shape index (κ3) is 4.92. The van der Waals surface area contributed by atoms with Crippen LogP contribution in [-0.4, -0.2) is 36.4 Å². The van der Waals surface area contributed by atoms with Crippen molar-refractivity contribution in [3.8, 4) is 5.75 Å². The Bertz CT molecular complexity index is 1340. The molecule has 0 spiro atoms. The number of benzene rings is 2. The van der Waals surface area contributed by atoms with E-state index < -0.39 is 0 Å². The number of carbonyl (C=O) groups is 3. The number of nitrogens with one attached hydrogen (secondary N) is 3. The first-order chi connectivity index (χ1) is 17.4. The number of fused-ring (bicyclic) bond motifs is 1. The van der Waals surface area contributed by atoms with Crippen molar-refractivity contribution in [3.63, 3.8) is 0 Å². The molecule has 5 rings (SSSR count). The Labute approximate surface area is 212 Å². The fraction of sp³-hybridized carbons (Fsp3) is 0.308. The minimum absolute atomic E-state index is 0.0348. The lowest BCUT2D eigenvalue weighted by atomic mass is 10.1. The molecule has 1 aliphatic heterocycles. The number of hydrogen-bond acceptors (Lipinski definition) is 6. The summed E-state index contributed by atoms with van der Waals surface area (Å²) in [5, 5.41) is 8.74. The monoisotopic (exact) mass is 508 g/mol. The molecule has 0 bridgehead atoms. The summed E-state index contributed by atoms with van der Waals surface area (Å²) in [5.41, 5.74) is 3.35. The minimum Gasteiger partial charge on any atom is -0.496 e. The Morgan fingerprint density at radius 3 is 2.92 bits per heavy atom. The highest BCUT2D eigenvalue weighted by atomic mass is 35.5. The van der Waals surface area contributed by atoms with E-state index in [1.165, 1.54) is 6.39 Å². The zero-order valence-electron chi connectivity index (χ0n) is 19.6. The van der Waals surface area contributed by atoms with E-state index >= 15 is 0 Å². The molecule has 9 nitrogen and oxygen atoms in total. The van der Waals surface area contributed by atoms with Crippen LogP contribution in [0.15, 0.2) is 47.2 Å². The first kappa shape index (κ1) is 23.9. The smallest absolute Gasteiger partial charge is 0.252 e. The van der Waals surface area contributed by atoms with Crippen molar-refractivity contribution in [3.05, 3.63) is 76.0 Å². The predicted octanol–water partition coefficient (Wildman–Crippen LogP) is 3.22. The van der Waals surface area contributed by atoms with E-state index in [1.54, 1.807) is 19.2 Å². The summed E-state index contributed by atoms with van der Waals surface area (Å²) >= 11 is 6.23. The molecule has 3 aromatic rings. The molecule has 10 heteroatoms. The molecule has 0 radical (unpaired) electrons. The number of aromatic nitrogens is 1. The standard InChI is InChI=1S/C26H25ClN4O5/c1-35-22-5-3-2-4-15(22)16-10-17(16)25(33)29-12-21-23(36-13-30-21)6-7-28-26(34)18-8-14-9-24(32)31-20(14)11-19(18)27/h2-5,8,11,13,16-17H,6-7,9-10,12H2,1H3,(H,28,34)(H,29,33)(H,31,32)/t16-,17+/m0/s1. The molecule has 186 valence electrons. The van der Waals surface area contributed by atoms with Gasteiger partial charge in [-0.3, -0.25) is 14.4 Å². The highest BCUT2D eigenvalue weighted by Gasteiger charge is 2.45. The second-order valence-electron chi connectivity index (χ2n) is 8.85. The molecule has 3 N–H and O–H groups in total. The molecule has 2 aromatic carbocycles. The molecular formula is C26H25ClN4O5. The van der Waals surface area contributed by atoms with Crippen molar-refractivity contribution in [2.24, 2.45) is 5.92 Å². The van der Waals surface area contributed by atoms with Crippen LogP contribution in [0, 0.1) is 5.92 Å². The van der Waals surface area contributed by atoms with E-state index in [9.17, 15) is 14.4 Å². The number of amides is 3. The summed E-state index contributed by atoms with van der Waals surface area (Å²) < 4.78 is 10.9. The maximum atomic E-state index is 12.7. The first-order valence-electron chi connectivity index (χ1n) is 11.7. The third-order valence-corrected chi connectivity index (χ3v) is 6.83. The van der Waals surface area contributed by atoms with E-state index in [0.717, 1.165) is 23.3 Å². The number of para-hydroxylation sites is 1. The van der Waals surface area contributed by atoms with Crippen LogP contribution >= 0.6 is 11.6 Å². The van der Waals surface area contributed by atoms with Gasteiger partial charge in [0.05, 0.1) is 30.7 Å². The molecule has 1 fully saturated rings. The number of hydrogen-bond donors (Lipinski definition) is 3. The summed E-state index contributed by atoms with van der Waals surface area (Å²) in [5.74, 6) is 0.930. The number of carbonyl (C=O) groups excluding carboxylic acids is 3. The van der Waals surface area contributed by atoms with Gasteiger partial charge in [0, 0.05) is 24.6 Å². The Morgan fingerprint density at radius 2 is 2.08 bits per heavy atom. The molecule has 36 heavy (non-hydrogen) atoms. The highest BCUT2D eigenvalue weighted by molar-refractivity contribution is 6.34. The summed E-state index contributed by atoms with van der Waals surface area (Å²) in [6.07, 6.45) is 2.72. The number of anilines is 1. The quantitative estimate of drug-likeness (QED) is 0.408. The third-order valence-electron chi connectivity index (χ3n) is 6.52. The molecule has 1 aliphatic carbocycles. The second kappa shape index (κ2) is 10.0. The van der Waals surface area contributed by atoms with Gasteiger partial charge in [0.1, 0.15) is 17.2 Å². The summed E-state index contributed by atoms with van der Waals surface area (Å²) in [6.45, 7) is 0.531. The Balaban J connectivity index is 1.12. The summed E-state index contributed by atoms with van der Waals surface area (Å²) in [6, 6.07) is 11.0. The topological polar surface area (TPSA) is 123 Å². The van der Waals surface area contributed by atoms with Gasteiger partial charge in [0.25, 0.3) is 5.91 Å². The lowest BCUT2D eigenvalue weighted by Gasteiger charge is -2.09. The van der Waals surface area contributed by atoms with E-state index in [-0.39, 0.29) is 54.1 Å². The average Bonchev–Trinajstić information content (AvgIpc) is 3.41. The molecule has 2 aliphatic rings. The van der Waals surface area contributed by atoms with Crippen LogP contribution < -0.4 is 20.7 Å². The van der Waals surface area contributed by atoms with E-state index in [4.69, 9.17) is 20.8 Å². The van der Waals surface area contributed by atoms with Gasteiger partial charge in [0.15, 0.2) is 6.39 Å². The van der Waals surface area contributed by atoms with E-state index in [2.05, 4.69) is 20.9 Å². The largest absolute Gasteiger partial charge is 0.496 e. The predicted molar refractivity (Wildman–Crippen MR) is 132 cm³/mol. The number of oxazole rings is 1. The number of ether oxygens (including phenoxy) is 1. The van der Waals surface area contributed by atoms with Gasteiger partial charge < -0.3 is 25.1 Å². The molecule has 1 aromatic heterocycles. The fourth-order valence-corrected chi connectivity index (χ4v) is 4.80. The van der Waals surface area contributed by atoms with Crippen LogP contribution in [0.4, 0.5) is 5.69 Å². The van der Waals surface area contributed by atoms with Gasteiger partial charge in [-0.1, -0.05) is 29.8 Å². The summed E-state index contributed by atoms with van der Waals surface area (Å²) in [4.78, 5) is 41.1. The van der Waals surface area contributed by atoms with E-state index in [1.807, 2.05) is 24.3 Å². The molecular weight excluding hydrogens is 484 g/mol. The van der Waals surface area contributed by atoms with Crippen LogP contribution in [-0.2, 0) is 29.0 Å². The molecule has 3 amide bonds. The zero-order valence-corrected chi connectivity index (χ0v) is 20.4. The van der Waals surface area contributed by atoms with Crippen molar-refractivity contribution in [1.82, 2.24) is 15.6 Å². The van der Waals surface area contributed by atoms with Crippen LogP contribution in [0.25, 0.3) is 0 Å². The van der Waals surface area contributed by atoms with Gasteiger partial charge in [-0.25, -0.2) is 4.98 Å². The highest BCUT2D eigenvalue weighted by Crippen LogP contribution is 2.50. The maximum Gasteiger partial charge on any atom is 0.252 e. The van der Waals surface area contributed by atoms with Crippen LogP contribution in [0.3, 0.4) is 0 Å². The number of methoxy groups -OCH3 is 1. The van der Waals surface area contributed by atoms with Crippen molar-refractivity contribution < 1.29 is 23.5 Å². The molecule has 0 saturated heterocycles. The number of halogens is 1. The van der Waals surface area contributed by atoms with Gasteiger partial charge in [-0.05, 0) is 41.7 Å². The van der Waals surface area contributed by atoms with Crippen molar-refractivity contribution in [2.45, 2.75) is 31.7 Å². The first-order valence-corrected chi connectivity index (χ1v) is 12.0. The SMILES string of the molecule is COc1ccccc1[C@@H]1C[C@H]1C(=O)NCc1ncoc1CCNC(=O)c1cc2c(cc1Cl)NC(=O)C2. The number of rotatable bonds is 9. The Hall–Kier alpha value is -3.85. The molecule has 0 unspecified atom stereocenters. The summed E-state index contributed by atoms with van der Waals surface area (Å²) in [7, 11) is 1.63. The average molecular weight is 509 g/mol. The minimum atomic E-state index is -0.340. The lowest BCUT2D eigenvalue weighted by Crippen LogP contribution is -2.27. The molecule has 2 atom stereocenters. The van der Waals surface area contributed by atoms with Crippen LogP contribution in [0.1, 0.15) is 45.3 Å². The molecule has 1 saturated carbocycles. The molecule has 2 heterocycles. The maximum absolute atomic E-state index is 12.7. The second-order valence-corrected chi connectivity index (χ2v) is 9.26. The van der Waals surface area contributed by atoms with E-state index in [0.29, 0.717) is 29.1 Å². The Kier molecular flexibility index (Phi) is 6.65. The van der Waals surface area contributed by atoms with Gasteiger partial charge >= 0.3 is 0 Å². The lowest BCUT2D eigenvalue weighted by molar-refractivity contribution is -0.122. The van der Waals surface area contributed by atoms with Crippen molar-refractivity contribution in [1.29, 1.82) is 0 Å². The normalized spacial score (nSPS) is 17.8. The van der Waals surface area contributed by atoms with Gasteiger partial charge in [0.2, 0.25) is 11.8 Å². The Morgan fingerprint density at radius 1 is 1.25 bits per heavy atom. The zero-order chi connectivity index (χ0) is 25.2. The van der Waals surface area contributed by atoms with Crippen LogP contribution in [0.5, 0.6) is 5.75 Å². The van der Waals surface area contributed by atoms with Crippen LogP contribution in [0.2, 0.25) is 5.02 Å². The van der Waals surface area contributed by atoms with Crippen molar-refractivity contribution >= 4 is 35.0 Å². The van der Waals surface area contributed by atoms with Gasteiger partial charge in [-0.15, -0.1) is 0 Å². The van der Waals surface area contributed by atoms with Gasteiger partial charge in [-0.2, -0.15) is 0 Å². The van der Waals surface area contributed by atoms with Crippen molar-refractivity contribution in [2.75, 3.05) is 19.0 Å². The fourth-order valence-electron chi connectivity index (χ4n) is 4.55.